The second-order valence-corrected chi connectivity index (χ2v) is 4.90. The van der Waals surface area contributed by atoms with Crippen molar-refractivity contribution in [2.45, 2.75) is 6.18 Å². The molecule has 0 amide bonds. The first kappa shape index (κ1) is 14.6. The van der Waals surface area contributed by atoms with Gasteiger partial charge in [-0.1, -0.05) is 29.8 Å². The fourth-order valence-electron chi connectivity index (χ4n) is 1.97. The van der Waals surface area contributed by atoms with Crippen LogP contribution in [0.2, 0.25) is 5.02 Å². The molecule has 0 atom stereocenters. The van der Waals surface area contributed by atoms with Gasteiger partial charge >= 0.3 is 6.18 Å². The normalized spacial score (nSPS) is 11.6. The summed E-state index contributed by atoms with van der Waals surface area (Å²) in [4.78, 5) is 0. The highest BCUT2D eigenvalue weighted by Crippen LogP contribution is 2.38. The van der Waals surface area contributed by atoms with Gasteiger partial charge in [0.25, 0.3) is 0 Å². The van der Waals surface area contributed by atoms with E-state index >= 15 is 0 Å². The van der Waals surface area contributed by atoms with Gasteiger partial charge in [-0.3, -0.25) is 0 Å². The van der Waals surface area contributed by atoms with Crippen LogP contribution < -0.4 is 0 Å². The Hall–Kier alpha value is -2.34. The molecule has 2 aromatic carbocycles. The molecule has 0 aliphatic heterocycles. The van der Waals surface area contributed by atoms with E-state index in [0.29, 0.717) is 5.56 Å². The predicted octanol–water partition coefficient (Wildman–Crippen LogP) is 5.08. The molecule has 1 aromatic heterocycles. The van der Waals surface area contributed by atoms with Crippen LogP contribution in [0.4, 0.5) is 13.2 Å². The lowest BCUT2D eigenvalue weighted by Gasteiger charge is -2.10. The van der Waals surface area contributed by atoms with E-state index in [9.17, 15) is 13.2 Å². The summed E-state index contributed by atoms with van der Waals surface area (Å²) >= 11 is 5.64. The number of hydrogen-bond donors (Lipinski definition) is 0. The van der Waals surface area contributed by atoms with Gasteiger partial charge in [0.2, 0.25) is 11.8 Å². The Kier molecular flexibility index (Phi) is 3.62. The minimum absolute atomic E-state index is 0.0149. The zero-order chi connectivity index (χ0) is 15.7. The smallest absolute Gasteiger partial charge is 0.416 e. The van der Waals surface area contributed by atoms with E-state index in [2.05, 4.69) is 10.2 Å². The zero-order valence-electron chi connectivity index (χ0n) is 10.9. The Morgan fingerprint density at radius 2 is 1.59 bits per heavy atom. The van der Waals surface area contributed by atoms with Crippen LogP contribution in [-0.2, 0) is 6.18 Å². The van der Waals surface area contributed by atoms with Gasteiger partial charge in [0.1, 0.15) is 0 Å². The average molecular weight is 325 g/mol. The molecule has 22 heavy (non-hydrogen) atoms. The molecule has 0 saturated heterocycles. The molecule has 112 valence electrons. The van der Waals surface area contributed by atoms with E-state index in [0.717, 1.165) is 6.07 Å². The third-order valence-corrected chi connectivity index (χ3v) is 3.20. The van der Waals surface area contributed by atoms with Gasteiger partial charge in [-0.05, 0) is 30.3 Å². The monoisotopic (exact) mass is 324 g/mol. The number of aromatic nitrogens is 2. The number of hydrogen-bond acceptors (Lipinski definition) is 3. The van der Waals surface area contributed by atoms with Crippen molar-refractivity contribution in [1.82, 2.24) is 10.2 Å². The minimum Gasteiger partial charge on any atom is -0.416 e. The topological polar surface area (TPSA) is 38.9 Å². The molecule has 3 rings (SSSR count). The number of rotatable bonds is 2. The van der Waals surface area contributed by atoms with Crippen LogP contribution in [0, 0.1) is 0 Å². The summed E-state index contributed by atoms with van der Waals surface area (Å²) in [6.07, 6.45) is -4.57. The summed E-state index contributed by atoms with van der Waals surface area (Å²) in [6.45, 7) is 0. The second kappa shape index (κ2) is 5.46. The van der Waals surface area contributed by atoms with E-state index in [1.807, 2.05) is 6.07 Å². The Morgan fingerprint density at radius 3 is 2.27 bits per heavy atom. The van der Waals surface area contributed by atoms with Crippen molar-refractivity contribution in [2.24, 2.45) is 0 Å². The van der Waals surface area contributed by atoms with Gasteiger partial charge in [0.05, 0.1) is 11.1 Å². The zero-order valence-corrected chi connectivity index (χ0v) is 11.7. The highest BCUT2D eigenvalue weighted by molar-refractivity contribution is 6.30. The molecule has 3 nitrogen and oxygen atoms in total. The Balaban J connectivity index is 2.08. The van der Waals surface area contributed by atoms with Crippen LogP contribution in [0.15, 0.2) is 52.9 Å². The molecule has 1 heterocycles. The maximum atomic E-state index is 13.1. The van der Waals surface area contributed by atoms with Crippen LogP contribution in [0.25, 0.3) is 22.9 Å². The van der Waals surface area contributed by atoms with Crippen molar-refractivity contribution in [2.75, 3.05) is 0 Å². The van der Waals surface area contributed by atoms with Crippen LogP contribution >= 0.6 is 11.6 Å². The second-order valence-electron chi connectivity index (χ2n) is 4.47. The third-order valence-electron chi connectivity index (χ3n) is 2.96. The number of benzene rings is 2. The van der Waals surface area contributed by atoms with E-state index in [4.69, 9.17) is 16.0 Å². The molecule has 0 spiro atoms. The van der Waals surface area contributed by atoms with E-state index < -0.39 is 11.7 Å². The number of alkyl halides is 3. The van der Waals surface area contributed by atoms with Gasteiger partial charge < -0.3 is 4.42 Å². The van der Waals surface area contributed by atoms with Crippen molar-refractivity contribution in [3.05, 3.63) is 59.1 Å². The lowest BCUT2D eigenvalue weighted by atomic mass is 10.1. The van der Waals surface area contributed by atoms with E-state index in [-0.39, 0.29) is 22.4 Å². The molecule has 0 aliphatic carbocycles. The molecule has 0 radical (unpaired) electrons. The van der Waals surface area contributed by atoms with Crippen molar-refractivity contribution in [3.8, 4) is 22.9 Å². The summed E-state index contributed by atoms with van der Waals surface area (Å²) < 4.78 is 44.7. The molecule has 3 aromatic rings. The third kappa shape index (κ3) is 2.82. The molecule has 0 aliphatic rings. The van der Waals surface area contributed by atoms with Crippen LogP contribution in [0.5, 0.6) is 0 Å². The predicted molar refractivity (Wildman–Crippen MR) is 75.2 cm³/mol. The average Bonchev–Trinajstić information content (AvgIpc) is 2.97. The minimum atomic E-state index is -4.57. The van der Waals surface area contributed by atoms with Gasteiger partial charge in [-0.2, -0.15) is 13.2 Å². The summed E-state index contributed by atoms with van der Waals surface area (Å²) in [7, 11) is 0. The largest absolute Gasteiger partial charge is 0.417 e. The maximum absolute atomic E-state index is 13.1. The van der Waals surface area contributed by atoms with E-state index in [1.54, 1.807) is 24.3 Å². The highest BCUT2D eigenvalue weighted by atomic mass is 35.5. The van der Waals surface area contributed by atoms with Gasteiger partial charge in [-0.15, -0.1) is 10.2 Å². The van der Waals surface area contributed by atoms with Crippen molar-refractivity contribution >= 4 is 11.6 Å². The van der Waals surface area contributed by atoms with Crippen LogP contribution in [-0.4, -0.2) is 10.2 Å². The number of halogens is 4. The first-order valence-corrected chi connectivity index (χ1v) is 6.59. The molecule has 7 heteroatoms. The first-order valence-electron chi connectivity index (χ1n) is 6.21. The van der Waals surface area contributed by atoms with Crippen LogP contribution in [0.3, 0.4) is 0 Å². The number of nitrogens with zero attached hydrogens (tertiary/aromatic N) is 2. The van der Waals surface area contributed by atoms with Gasteiger partial charge in [-0.25, -0.2) is 0 Å². The Labute approximate surface area is 128 Å². The molecule has 0 N–H and O–H groups in total. The summed E-state index contributed by atoms with van der Waals surface area (Å²) in [5, 5.41) is 7.48. The lowest BCUT2D eigenvalue weighted by molar-refractivity contribution is -0.137. The molecule has 0 fully saturated rings. The van der Waals surface area contributed by atoms with Gasteiger partial charge in [0.15, 0.2) is 0 Å². The molecule has 0 unspecified atom stereocenters. The maximum Gasteiger partial charge on any atom is 0.417 e. The molecular formula is C15H8ClF3N2O. The standard InChI is InChI=1S/C15H8ClF3N2O/c16-10-6-7-11(12(8-10)15(17,18)19)14-21-20-13(22-14)9-4-2-1-3-5-9/h1-8H. The van der Waals surface area contributed by atoms with Crippen molar-refractivity contribution in [1.29, 1.82) is 0 Å². The molecule has 0 bridgehead atoms. The first-order chi connectivity index (χ1) is 10.4. The summed E-state index contributed by atoms with van der Waals surface area (Å²) in [6, 6.07) is 12.2. The summed E-state index contributed by atoms with van der Waals surface area (Å²) in [5.74, 6) is -0.0541. The van der Waals surface area contributed by atoms with Crippen molar-refractivity contribution in [3.63, 3.8) is 0 Å². The quantitative estimate of drug-likeness (QED) is 0.660. The van der Waals surface area contributed by atoms with E-state index in [1.165, 1.54) is 12.1 Å². The lowest BCUT2D eigenvalue weighted by Crippen LogP contribution is -2.07. The highest BCUT2D eigenvalue weighted by Gasteiger charge is 2.35. The fourth-order valence-corrected chi connectivity index (χ4v) is 2.14. The molecular weight excluding hydrogens is 317 g/mol. The Morgan fingerprint density at radius 1 is 0.909 bits per heavy atom. The van der Waals surface area contributed by atoms with Crippen molar-refractivity contribution < 1.29 is 17.6 Å². The SMILES string of the molecule is FC(F)(F)c1cc(Cl)ccc1-c1nnc(-c2ccccc2)o1. The summed E-state index contributed by atoms with van der Waals surface area (Å²) in [5.41, 5.74) is -0.487. The van der Waals surface area contributed by atoms with Gasteiger partial charge in [0, 0.05) is 10.6 Å². The Bertz CT molecular complexity index is 800. The molecule has 0 saturated carbocycles. The van der Waals surface area contributed by atoms with Crippen LogP contribution in [0.1, 0.15) is 5.56 Å². The fraction of sp³-hybridized carbons (Fsp3) is 0.0667.